The molecule has 0 spiro atoms. The van der Waals surface area contributed by atoms with Crippen LogP contribution in [0.4, 0.5) is 0 Å². The minimum Gasteiger partial charge on any atom is -0.283 e. The molecule has 1 aromatic heterocycles. The number of nitrogens with zero attached hydrogens (tertiary/aromatic N) is 2. The van der Waals surface area contributed by atoms with Crippen molar-refractivity contribution in [3.63, 3.8) is 0 Å². The van der Waals surface area contributed by atoms with E-state index in [1.54, 1.807) is 0 Å². The maximum atomic E-state index is 4.34. The minimum atomic E-state index is 0.706. The summed E-state index contributed by atoms with van der Waals surface area (Å²) in [5.41, 5.74) is 2.10. The van der Waals surface area contributed by atoms with Crippen LogP contribution in [-0.4, -0.2) is 23.0 Å². The number of benzene rings is 1. The fraction of sp³-hybridized carbons (Fsp3) is 0.167. The first kappa shape index (κ1) is 14.0. The number of rotatable bonds is 5. The van der Waals surface area contributed by atoms with E-state index in [1.807, 2.05) is 60.8 Å². The molecular formula is C18H18N2. The molecule has 1 heterocycles. The summed E-state index contributed by atoms with van der Waals surface area (Å²) in [6.45, 7) is 6.10. The van der Waals surface area contributed by atoms with Crippen LogP contribution in [0.1, 0.15) is 11.3 Å². The Morgan fingerprint density at radius 1 is 1.10 bits per heavy atom. The third kappa shape index (κ3) is 4.72. The monoisotopic (exact) mass is 262 g/mol. The van der Waals surface area contributed by atoms with E-state index in [4.69, 9.17) is 0 Å². The van der Waals surface area contributed by atoms with Gasteiger partial charge >= 0.3 is 0 Å². The highest BCUT2D eigenvalue weighted by atomic mass is 15.1. The third-order valence-corrected chi connectivity index (χ3v) is 2.81. The summed E-state index contributed by atoms with van der Waals surface area (Å²) in [6, 6.07) is 16.0. The Hall–Kier alpha value is -2.37. The number of hydrogen-bond acceptors (Lipinski definition) is 2. The molecule has 0 aliphatic carbocycles. The predicted octanol–water partition coefficient (Wildman–Crippen LogP) is 3.12. The lowest BCUT2D eigenvalue weighted by molar-refractivity contribution is 0.328. The van der Waals surface area contributed by atoms with E-state index in [0.717, 1.165) is 24.3 Å². The molecule has 0 aliphatic rings. The van der Waals surface area contributed by atoms with Gasteiger partial charge in [-0.25, -0.2) is 0 Å². The van der Waals surface area contributed by atoms with Crippen molar-refractivity contribution in [3.8, 4) is 11.8 Å². The highest BCUT2D eigenvalue weighted by Crippen LogP contribution is 2.01. The van der Waals surface area contributed by atoms with Crippen LogP contribution in [0.25, 0.3) is 0 Å². The second-order valence-corrected chi connectivity index (χ2v) is 4.45. The molecular weight excluding hydrogens is 244 g/mol. The van der Waals surface area contributed by atoms with Crippen molar-refractivity contribution in [2.24, 2.45) is 0 Å². The second-order valence-electron chi connectivity index (χ2n) is 4.45. The second kappa shape index (κ2) is 7.93. The average molecular weight is 262 g/mol. The van der Waals surface area contributed by atoms with Crippen LogP contribution in [-0.2, 0) is 6.54 Å². The molecule has 0 aliphatic heterocycles. The van der Waals surface area contributed by atoms with Gasteiger partial charge in [-0.3, -0.25) is 9.88 Å². The van der Waals surface area contributed by atoms with Crippen molar-refractivity contribution >= 4 is 0 Å². The molecule has 0 saturated heterocycles. The van der Waals surface area contributed by atoms with Crippen LogP contribution in [0.2, 0.25) is 0 Å². The summed E-state index contributed by atoms with van der Waals surface area (Å²) < 4.78 is 0. The lowest BCUT2D eigenvalue weighted by atomic mass is 10.2. The molecule has 20 heavy (non-hydrogen) atoms. The van der Waals surface area contributed by atoms with Gasteiger partial charge in [-0.1, -0.05) is 42.2 Å². The van der Waals surface area contributed by atoms with Crippen molar-refractivity contribution < 1.29 is 0 Å². The zero-order chi connectivity index (χ0) is 14.0. The van der Waals surface area contributed by atoms with E-state index in [0.29, 0.717) is 6.54 Å². The summed E-state index contributed by atoms with van der Waals surface area (Å²) in [7, 11) is 0. The summed E-state index contributed by atoms with van der Waals surface area (Å²) in [5.74, 6) is 6.38. The van der Waals surface area contributed by atoms with Crippen molar-refractivity contribution in [2.45, 2.75) is 6.54 Å². The molecule has 2 aromatic rings. The lowest BCUT2D eigenvalue weighted by Crippen LogP contribution is -2.24. The van der Waals surface area contributed by atoms with E-state index in [2.05, 4.69) is 28.3 Å². The van der Waals surface area contributed by atoms with Gasteiger partial charge in [0.15, 0.2) is 0 Å². The fourth-order valence-electron chi connectivity index (χ4n) is 1.86. The summed E-state index contributed by atoms with van der Waals surface area (Å²) in [5, 5.41) is 0. The molecule has 0 fully saturated rings. The first-order valence-electron chi connectivity index (χ1n) is 6.65. The molecule has 2 rings (SSSR count). The van der Waals surface area contributed by atoms with Gasteiger partial charge in [-0.15, -0.1) is 6.58 Å². The van der Waals surface area contributed by atoms with Crippen LogP contribution in [0.3, 0.4) is 0 Å². The Morgan fingerprint density at radius 2 is 1.90 bits per heavy atom. The molecule has 0 amide bonds. The highest BCUT2D eigenvalue weighted by Gasteiger charge is 2.02. The molecule has 2 heteroatoms. The maximum Gasteiger partial charge on any atom is 0.0611 e. The molecule has 0 atom stereocenters. The topological polar surface area (TPSA) is 16.1 Å². The van der Waals surface area contributed by atoms with Crippen molar-refractivity contribution in [1.29, 1.82) is 0 Å². The summed E-state index contributed by atoms with van der Waals surface area (Å²) in [6.07, 6.45) is 3.71. The molecule has 2 nitrogen and oxygen atoms in total. The van der Waals surface area contributed by atoms with E-state index >= 15 is 0 Å². The molecule has 1 aromatic carbocycles. The van der Waals surface area contributed by atoms with Crippen molar-refractivity contribution in [1.82, 2.24) is 9.88 Å². The van der Waals surface area contributed by atoms with E-state index in [1.165, 1.54) is 0 Å². The summed E-state index contributed by atoms with van der Waals surface area (Å²) in [4.78, 5) is 6.56. The highest BCUT2D eigenvalue weighted by molar-refractivity contribution is 5.33. The molecule has 0 saturated carbocycles. The first-order chi connectivity index (χ1) is 9.88. The SMILES string of the molecule is C=CCN(CC#Cc1ccccc1)Cc1ccccn1. The van der Waals surface area contributed by atoms with Gasteiger partial charge in [-0.2, -0.15) is 0 Å². The molecule has 100 valence electrons. The zero-order valence-electron chi connectivity index (χ0n) is 11.5. The van der Waals surface area contributed by atoms with Gasteiger partial charge in [-0.05, 0) is 24.3 Å². The Labute approximate surface area is 120 Å². The van der Waals surface area contributed by atoms with Crippen LogP contribution >= 0.6 is 0 Å². The normalized spacial score (nSPS) is 9.85. The first-order valence-corrected chi connectivity index (χ1v) is 6.65. The Bertz CT molecular complexity index is 579. The zero-order valence-corrected chi connectivity index (χ0v) is 11.5. The van der Waals surface area contributed by atoms with Crippen LogP contribution in [0.5, 0.6) is 0 Å². The maximum absolute atomic E-state index is 4.34. The average Bonchev–Trinajstić information content (AvgIpc) is 2.49. The third-order valence-electron chi connectivity index (χ3n) is 2.81. The molecule has 0 unspecified atom stereocenters. The van der Waals surface area contributed by atoms with Gasteiger partial charge in [0.1, 0.15) is 0 Å². The fourth-order valence-corrected chi connectivity index (χ4v) is 1.86. The summed E-state index contributed by atoms with van der Waals surface area (Å²) >= 11 is 0. The van der Waals surface area contributed by atoms with E-state index in [9.17, 15) is 0 Å². The van der Waals surface area contributed by atoms with Crippen molar-refractivity contribution in [3.05, 3.63) is 78.6 Å². The Kier molecular flexibility index (Phi) is 5.57. The van der Waals surface area contributed by atoms with Gasteiger partial charge < -0.3 is 0 Å². The minimum absolute atomic E-state index is 0.706. The molecule has 0 N–H and O–H groups in total. The van der Waals surface area contributed by atoms with Gasteiger partial charge in [0.2, 0.25) is 0 Å². The van der Waals surface area contributed by atoms with Crippen LogP contribution in [0, 0.1) is 11.8 Å². The molecule has 0 bridgehead atoms. The smallest absolute Gasteiger partial charge is 0.0611 e. The van der Waals surface area contributed by atoms with E-state index < -0.39 is 0 Å². The van der Waals surface area contributed by atoms with Gasteiger partial charge in [0, 0.05) is 24.8 Å². The standard InChI is InChI=1S/C18H18N2/c1-2-14-20(16-18-12-6-7-13-19-18)15-8-11-17-9-4-3-5-10-17/h2-7,9-10,12-13H,1,14-16H2. The van der Waals surface area contributed by atoms with Crippen molar-refractivity contribution in [2.75, 3.05) is 13.1 Å². The number of hydrogen-bond donors (Lipinski definition) is 0. The quantitative estimate of drug-likeness (QED) is 0.608. The largest absolute Gasteiger partial charge is 0.283 e. The van der Waals surface area contributed by atoms with Gasteiger partial charge in [0.25, 0.3) is 0 Å². The predicted molar refractivity (Wildman–Crippen MR) is 83.0 cm³/mol. The van der Waals surface area contributed by atoms with Gasteiger partial charge in [0.05, 0.1) is 12.2 Å². The number of aromatic nitrogens is 1. The van der Waals surface area contributed by atoms with Crippen LogP contribution < -0.4 is 0 Å². The molecule has 0 radical (unpaired) electrons. The number of pyridine rings is 1. The lowest BCUT2D eigenvalue weighted by Gasteiger charge is -2.16. The van der Waals surface area contributed by atoms with Crippen LogP contribution in [0.15, 0.2) is 67.4 Å². The Morgan fingerprint density at radius 3 is 2.60 bits per heavy atom. The van der Waals surface area contributed by atoms with E-state index in [-0.39, 0.29) is 0 Å². The Balaban J connectivity index is 1.96.